The van der Waals surface area contributed by atoms with Crippen LogP contribution in [0.1, 0.15) is 17.3 Å². The van der Waals surface area contributed by atoms with Gasteiger partial charge in [-0.15, -0.1) is 6.58 Å². The second-order valence-corrected chi connectivity index (χ2v) is 6.80. The summed E-state index contributed by atoms with van der Waals surface area (Å²) in [6, 6.07) is 9.34. The molecule has 2 aromatic carbocycles. The number of hydrogen-bond donors (Lipinski definition) is 0. The minimum atomic E-state index is -0.524. The molecule has 1 heterocycles. The molecule has 4 nitrogen and oxygen atoms in total. The number of aromatic nitrogens is 1. The molecule has 0 unspecified atom stereocenters. The molecule has 0 atom stereocenters. The van der Waals surface area contributed by atoms with E-state index in [1.54, 1.807) is 6.08 Å². The number of carbonyl (C=O) groups excluding carboxylic acids is 1. The smallest absolute Gasteiger partial charge is 0.281 e. The van der Waals surface area contributed by atoms with Crippen LogP contribution in [-0.4, -0.2) is 17.1 Å². The third-order valence-electron chi connectivity index (χ3n) is 3.64. The van der Waals surface area contributed by atoms with Crippen molar-refractivity contribution in [2.24, 2.45) is 4.99 Å². The number of halogens is 2. The van der Waals surface area contributed by atoms with Gasteiger partial charge < -0.3 is 9.30 Å². The van der Waals surface area contributed by atoms with E-state index in [9.17, 15) is 9.18 Å². The van der Waals surface area contributed by atoms with E-state index < -0.39 is 11.7 Å². The number of ether oxygens (including phenoxy) is 1. The van der Waals surface area contributed by atoms with Crippen LogP contribution < -0.4 is 9.54 Å². The molecule has 134 valence electrons. The Kier molecular flexibility index (Phi) is 5.54. The third kappa shape index (κ3) is 3.71. The van der Waals surface area contributed by atoms with Crippen molar-refractivity contribution in [3.8, 4) is 5.75 Å². The zero-order chi connectivity index (χ0) is 18.7. The lowest BCUT2D eigenvalue weighted by Crippen LogP contribution is -2.16. The fourth-order valence-electron chi connectivity index (χ4n) is 2.51. The highest BCUT2D eigenvalue weighted by molar-refractivity contribution is 7.16. The van der Waals surface area contributed by atoms with Gasteiger partial charge in [-0.3, -0.25) is 4.79 Å². The van der Waals surface area contributed by atoms with Crippen molar-refractivity contribution in [1.29, 1.82) is 0 Å². The molecule has 3 aromatic rings. The predicted molar refractivity (Wildman–Crippen MR) is 102 cm³/mol. The van der Waals surface area contributed by atoms with Gasteiger partial charge in [-0.2, -0.15) is 4.99 Å². The fraction of sp³-hybridized carbons (Fsp3) is 0.158. The average Bonchev–Trinajstić information content (AvgIpc) is 2.92. The molecule has 0 spiro atoms. The van der Waals surface area contributed by atoms with Crippen molar-refractivity contribution in [3.05, 3.63) is 70.3 Å². The summed E-state index contributed by atoms with van der Waals surface area (Å²) >= 11 is 7.34. The van der Waals surface area contributed by atoms with E-state index in [1.165, 1.54) is 23.5 Å². The zero-order valence-corrected chi connectivity index (χ0v) is 15.6. The summed E-state index contributed by atoms with van der Waals surface area (Å²) < 4.78 is 21.5. The van der Waals surface area contributed by atoms with Gasteiger partial charge in [0.05, 0.1) is 27.4 Å². The first-order valence-electron chi connectivity index (χ1n) is 7.94. The van der Waals surface area contributed by atoms with Gasteiger partial charge in [0, 0.05) is 6.54 Å². The highest BCUT2D eigenvalue weighted by Crippen LogP contribution is 2.24. The van der Waals surface area contributed by atoms with E-state index in [0.717, 1.165) is 22.0 Å². The quantitative estimate of drug-likeness (QED) is 0.586. The number of hydrogen-bond acceptors (Lipinski definition) is 3. The van der Waals surface area contributed by atoms with Crippen LogP contribution in [0.4, 0.5) is 4.39 Å². The molecule has 3 rings (SSSR count). The van der Waals surface area contributed by atoms with Gasteiger partial charge in [0.25, 0.3) is 5.91 Å². The van der Waals surface area contributed by atoms with Crippen LogP contribution in [0.25, 0.3) is 10.2 Å². The first kappa shape index (κ1) is 18.4. The van der Waals surface area contributed by atoms with Gasteiger partial charge in [0.2, 0.25) is 0 Å². The summed E-state index contributed by atoms with van der Waals surface area (Å²) in [6.07, 6.45) is 1.73. The van der Waals surface area contributed by atoms with Crippen molar-refractivity contribution in [2.75, 3.05) is 6.61 Å². The number of rotatable bonds is 5. The monoisotopic (exact) mass is 390 g/mol. The largest absolute Gasteiger partial charge is 0.494 e. The maximum atomic E-state index is 13.2. The van der Waals surface area contributed by atoms with Gasteiger partial charge in [0.1, 0.15) is 11.6 Å². The molecule has 0 bridgehead atoms. The second-order valence-electron chi connectivity index (χ2n) is 5.39. The number of benzene rings is 2. The van der Waals surface area contributed by atoms with Gasteiger partial charge in [-0.05, 0) is 43.3 Å². The molecular weight excluding hydrogens is 375 g/mol. The Bertz CT molecular complexity index is 1060. The molecule has 0 aliphatic heterocycles. The van der Waals surface area contributed by atoms with E-state index in [2.05, 4.69) is 11.6 Å². The summed E-state index contributed by atoms with van der Waals surface area (Å²) in [6.45, 7) is 6.75. The molecule has 26 heavy (non-hydrogen) atoms. The van der Waals surface area contributed by atoms with Crippen LogP contribution in [0, 0.1) is 5.82 Å². The SMILES string of the molecule is C=CCn1c(=NC(=O)c2ccc(F)cc2Cl)sc2cc(OCC)ccc21. The average molecular weight is 391 g/mol. The van der Waals surface area contributed by atoms with Gasteiger partial charge in [-0.1, -0.05) is 29.0 Å². The van der Waals surface area contributed by atoms with Crippen LogP contribution in [0.3, 0.4) is 0 Å². The minimum Gasteiger partial charge on any atom is -0.494 e. The Labute approximate surface area is 158 Å². The first-order chi connectivity index (χ1) is 12.5. The summed E-state index contributed by atoms with van der Waals surface area (Å²) in [7, 11) is 0. The maximum absolute atomic E-state index is 13.2. The van der Waals surface area contributed by atoms with Crippen molar-refractivity contribution in [1.82, 2.24) is 4.57 Å². The lowest BCUT2D eigenvalue weighted by Gasteiger charge is -2.04. The number of allylic oxidation sites excluding steroid dienone is 1. The Morgan fingerprint density at radius 2 is 2.19 bits per heavy atom. The Morgan fingerprint density at radius 1 is 1.38 bits per heavy atom. The normalized spacial score (nSPS) is 11.7. The highest BCUT2D eigenvalue weighted by Gasteiger charge is 2.12. The van der Waals surface area contributed by atoms with Gasteiger partial charge >= 0.3 is 0 Å². The van der Waals surface area contributed by atoms with Crippen LogP contribution in [0.15, 0.2) is 54.0 Å². The van der Waals surface area contributed by atoms with E-state index in [0.29, 0.717) is 18.0 Å². The van der Waals surface area contributed by atoms with Crippen molar-refractivity contribution >= 4 is 39.1 Å². The zero-order valence-electron chi connectivity index (χ0n) is 14.0. The molecule has 7 heteroatoms. The summed E-state index contributed by atoms with van der Waals surface area (Å²) in [5.74, 6) is -0.269. The summed E-state index contributed by atoms with van der Waals surface area (Å²) in [4.78, 5) is 17.2. The molecular formula is C19H16ClFN2O2S. The maximum Gasteiger partial charge on any atom is 0.281 e. The van der Waals surface area contributed by atoms with Crippen LogP contribution in [0.5, 0.6) is 5.75 Å². The Morgan fingerprint density at radius 3 is 2.88 bits per heavy atom. The van der Waals surface area contributed by atoms with Gasteiger partial charge in [0.15, 0.2) is 4.80 Å². The molecule has 0 aliphatic rings. The van der Waals surface area contributed by atoms with E-state index in [-0.39, 0.29) is 10.6 Å². The molecule has 1 aromatic heterocycles. The van der Waals surface area contributed by atoms with Gasteiger partial charge in [-0.25, -0.2) is 4.39 Å². The van der Waals surface area contributed by atoms with Crippen LogP contribution in [0.2, 0.25) is 5.02 Å². The Hall–Kier alpha value is -2.44. The van der Waals surface area contributed by atoms with E-state index >= 15 is 0 Å². The van der Waals surface area contributed by atoms with E-state index in [1.807, 2.05) is 29.7 Å². The summed E-state index contributed by atoms with van der Waals surface area (Å²) in [5, 5.41) is 0.0359. The number of carbonyl (C=O) groups is 1. The molecule has 0 saturated carbocycles. The standard InChI is InChI=1S/C19H16ClFN2O2S/c1-3-9-23-16-8-6-13(25-4-2)11-17(16)26-19(23)22-18(24)14-7-5-12(21)10-15(14)20/h3,5-8,10-11H,1,4,9H2,2H3. The fourth-order valence-corrected chi connectivity index (χ4v) is 3.83. The van der Waals surface area contributed by atoms with Crippen molar-refractivity contribution in [3.63, 3.8) is 0 Å². The highest BCUT2D eigenvalue weighted by atomic mass is 35.5. The molecule has 0 aliphatic carbocycles. The molecule has 0 N–H and O–H groups in total. The molecule has 0 fully saturated rings. The van der Waals surface area contributed by atoms with E-state index in [4.69, 9.17) is 16.3 Å². The topological polar surface area (TPSA) is 43.6 Å². The molecule has 0 radical (unpaired) electrons. The lowest BCUT2D eigenvalue weighted by atomic mass is 10.2. The number of nitrogens with zero attached hydrogens (tertiary/aromatic N) is 2. The predicted octanol–water partition coefficient (Wildman–Crippen LogP) is 4.82. The minimum absolute atomic E-state index is 0.0359. The third-order valence-corrected chi connectivity index (χ3v) is 4.99. The number of amides is 1. The second kappa shape index (κ2) is 7.85. The lowest BCUT2D eigenvalue weighted by molar-refractivity contribution is 0.0998. The molecule has 0 saturated heterocycles. The first-order valence-corrected chi connectivity index (χ1v) is 9.14. The van der Waals surface area contributed by atoms with Crippen molar-refractivity contribution < 1.29 is 13.9 Å². The van der Waals surface area contributed by atoms with Crippen molar-refractivity contribution in [2.45, 2.75) is 13.5 Å². The number of thiazole rings is 1. The van der Waals surface area contributed by atoms with Crippen LogP contribution >= 0.6 is 22.9 Å². The molecule has 1 amide bonds. The summed E-state index contributed by atoms with van der Waals surface area (Å²) in [5.41, 5.74) is 1.08. The Balaban J connectivity index is 2.12. The van der Waals surface area contributed by atoms with Crippen LogP contribution in [-0.2, 0) is 6.54 Å². The number of fused-ring (bicyclic) bond motifs is 1.